The van der Waals surface area contributed by atoms with Gasteiger partial charge in [0.05, 0.1) is 5.52 Å². The highest BCUT2D eigenvalue weighted by Crippen LogP contribution is 2.27. The van der Waals surface area contributed by atoms with Gasteiger partial charge in [0.1, 0.15) is 5.82 Å². The minimum Gasteiger partial charge on any atom is -0.240 e. The van der Waals surface area contributed by atoms with Crippen LogP contribution in [0.4, 0.5) is 0 Å². The van der Waals surface area contributed by atoms with Gasteiger partial charge in [-0.25, -0.2) is 9.97 Å². The molecule has 2 heteroatoms. The van der Waals surface area contributed by atoms with Crippen molar-refractivity contribution < 1.29 is 0 Å². The molecule has 17 heavy (non-hydrogen) atoms. The van der Waals surface area contributed by atoms with Crippen LogP contribution in [0.5, 0.6) is 0 Å². The Kier molecular flexibility index (Phi) is 2.90. The molecule has 1 heterocycles. The smallest absolute Gasteiger partial charge is 0.131 e. The molecule has 0 aliphatic rings. The second-order valence-electron chi connectivity index (χ2n) is 5.15. The van der Waals surface area contributed by atoms with Crippen molar-refractivity contribution in [2.45, 2.75) is 47.5 Å². The lowest BCUT2D eigenvalue weighted by Gasteiger charge is -2.14. The lowest BCUT2D eigenvalue weighted by atomic mass is 9.95. The zero-order valence-electron chi connectivity index (χ0n) is 11.5. The molecule has 0 saturated carbocycles. The summed E-state index contributed by atoms with van der Waals surface area (Å²) in [4.78, 5) is 9.19. The highest BCUT2D eigenvalue weighted by Gasteiger charge is 2.12. The molecule has 0 aliphatic carbocycles. The number of aryl methyl sites for hydroxylation is 2. The molecule has 0 radical (unpaired) electrons. The molecule has 0 aliphatic heterocycles. The molecular formula is C15H20N2. The quantitative estimate of drug-likeness (QED) is 0.737. The van der Waals surface area contributed by atoms with Crippen LogP contribution >= 0.6 is 0 Å². The van der Waals surface area contributed by atoms with Gasteiger partial charge in [-0.2, -0.15) is 0 Å². The van der Waals surface area contributed by atoms with Crippen LogP contribution in [-0.2, 0) is 0 Å². The van der Waals surface area contributed by atoms with Crippen molar-refractivity contribution in [3.05, 3.63) is 34.3 Å². The summed E-state index contributed by atoms with van der Waals surface area (Å²) in [6.45, 7) is 12.9. The predicted octanol–water partition coefficient (Wildman–Crippen LogP) is 3.99. The molecule has 2 rings (SSSR count). The maximum atomic E-state index is 4.73. The Balaban J connectivity index is 2.87. The number of fused-ring (bicyclic) bond motifs is 1. The molecule has 0 fully saturated rings. The summed E-state index contributed by atoms with van der Waals surface area (Å²) in [5.41, 5.74) is 6.41. The minimum atomic E-state index is 0.376. The topological polar surface area (TPSA) is 25.8 Å². The van der Waals surface area contributed by atoms with E-state index in [2.05, 4.69) is 46.5 Å². The molecule has 2 aromatic rings. The van der Waals surface area contributed by atoms with Crippen LogP contribution < -0.4 is 0 Å². The van der Waals surface area contributed by atoms with E-state index in [9.17, 15) is 0 Å². The molecule has 0 unspecified atom stereocenters. The van der Waals surface area contributed by atoms with Crippen LogP contribution in [0.15, 0.2) is 6.20 Å². The van der Waals surface area contributed by atoms with E-state index in [1.165, 1.54) is 27.6 Å². The average molecular weight is 228 g/mol. The van der Waals surface area contributed by atoms with E-state index in [1.54, 1.807) is 0 Å². The molecule has 0 amide bonds. The Bertz CT molecular complexity index is 583. The van der Waals surface area contributed by atoms with E-state index in [4.69, 9.17) is 4.98 Å². The first kappa shape index (κ1) is 12.0. The Morgan fingerprint density at radius 3 is 2.06 bits per heavy atom. The number of hydrogen-bond acceptors (Lipinski definition) is 2. The van der Waals surface area contributed by atoms with E-state index >= 15 is 0 Å². The van der Waals surface area contributed by atoms with Gasteiger partial charge in [-0.1, -0.05) is 13.8 Å². The third-order valence-electron chi connectivity index (χ3n) is 3.77. The molecule has 0 spiro atoms. The van der Waals surface area contributed by atoms with Crippen molar-refractivity contribution >= 4 is 10.9 Å². The normalized spacial score (nSPS) is 11.5. The number of nitrogens with zero attached hydrogens (tertiary/aromatic N) is 2. The van der Waals surface area contributed by atoms with Crippen molar-refractivity contribution in [2.75, 3.05) is 0 Å². The zero-order valence-corrected chi connectivity index (χ0v) is 11.5. The predicted molar refractivity (Wildman–Crippen MR) is 72.6 cm³/mol. The van der Waals surface area contributed by atoms with E-state index in [1.807, 2.05) is 6.20 Å². The summed E-state index contributed by atoms with van der Waals surface area (Å²) in [5.74, 6) is 1.31. The maximum absolute atomic E-state index is 4.73. The molecular weight excluding hydrogens is 208 g/mol. The summed E-state index contributed by atoms with van der Waals surface area (Å²) >= 11 is 0. The van der Waals surface area contributed by atoms with Crippen molar-refractivity contribution in [2.24, 2.45) is 0 Å². The van der Waals surface area contributed by atoms with Gasteiger partial charge in [0, 0.05) is 17.5 Å². The van der Waals surface area contributed by atoms with Gasteiger partial charge in [0.15, 0.2) is 0 Å². The fourth-order valence-corrected chi connectivity index (χ4v) is 2.18. The first-order valence-electron chi connectivity index (χ1n) is 6.16. The van der Waals surface area contributed by atoms with Gasteiger partial charge < -0.3 is 0 Å². The minimum absolute atomic E-state index is 0.376. The van der Waals surface area contributed by atoms with Crippen LogP contribution in [0.1, 0.15) is 47.8 Å². The van der Waals surface area contributed by atoms with Gasteiger partial charge in [-0.15, -0.1) is 0 Å². The Labute approximate surface area is 103 Å². The van der Waals surface area contributed by atoms with Gasteiger partial charge in [-0.05, 0) is 49.9 Å². The SMILES string of the molecule is Cc1c(C)c(C)c2nc(C(C)C)ncc2c1C. The van der Waals surface area contributed by atoms with Crippen LogP contribution in [0.3, 0.4) is 0 Å². The number of aromatic nitrogens is 2. The van der Waals surface area contributed by atoms with Crippen LogP contribution in [0.25, 0.3) is 10.9 Å². The molecule has 2 nitrogen and oxygen atoms in total. The third kappa shape index (κ3) is 1.82. The second kappa shape index (κ2) is 4.10. The van der Waals surface area contributed by atoms with Gasteiger partial charge >= 0.3 is 0 Å². The molecule has 0 saturated heterocycles. The number of rotatable bonds is 1. The Hall–Kier alpha value is -1.44. The lowest BCUT2D eigenvalue weighted by molar-refractivity contribution is 0.782. The maximum Gasteiger partial charge on any atom is 0.131 e. The standard InChI is InChI=1S/C15H20N2/c1-8(2)15-16-7-13-11(5)9(3)10(4)12(6)14(13)17-15/h7-8H,1-6H3. The van der Waals surface area contributed by atoms with E-state index in [0.29, 0.717) is 5.92 Å². The number of hydrogen-bond donors (Lipinski definition) is 0. The summed E-state index contributed by atoms with van der Waals surface area (Å²) in [5, 5.41) is 1.19. The fourth-order valence-electron chi connectivity index (χ4n) is 2.18. The molecule has 0 atom stereocenters. The van der Waals surface area contributed by atoms with E-state index in [-0.39, 0.29) is 0 Å². The van der Waals surface area contributed by atoms with Gasteiger partial charge in [-0.3, -0.25) is 0 Å². The Morgan fingerprint density at radius 2 is 1.47 bits per heavy atom. The van der Waals surface area contributed by atoms with E-state index < -0.39 is 0 Å². The molecule has 0 bridgehead atoms. The van der Waals surface area contributed by atoms with Crippen molar-refractivity contribution in [1.29, 1.82) is 0 Å². The summed E-state index contributed by atoms with van der Waals surface area (Å²) in [7, 11) is 0. The summed E-state index contributed by atoms with van der Waals surface area (Å²) in [6, 6.07) is 0. The monoisotopic (exact) mass is 228 g/mol. The van der Waals surface area contributed by atoms with Gasteiger partial charge in [0.25, 0.3) is 0 Å². The van der Waals surface area contributed by atoms with Crippen molar-refractivity contribution in [3.8, 4) is 0 Å². The molecule has 1 aromatic heterocycles. The highest BCUT2D eigenvalue weighted by atomic mass is 14.9. The van der Waals surface area contributed by atoms with Gasteiger partial charge in [0.2, 0.25) is 0 Å². The first-order valence-corrected chi connectivity index (χ1v) is 6.16. The molecule has 90 valence electrons. The Morgan fingerprint density at radius 1 is 0.882 bits per heavy atom. The molecule has 1 aromatic carbocycles. The first-order chi connectivity index (χ1) is 7.93. The van der Waals surface area contributed by atoms with Crippen LogP contribution in [-0.4, -0.2) is 9.97 Å². The van der Waals surface area contributed by atoms with Crippen molar-refractivity contribution in [3.63, 3.8) is 0 Å². The summed E-state index contributed by atoms with van der Waals surface area (Å²) in [6.07, 6.45) is 1.98. The zero-order chi connectivity index (χ0) is 12.7. The second-order valence-corrected chi connectivity index (χ2v) is 5.15. The molecule has 0 N–H and O–H groups in total. The largest absolute Gasteiger partial charge is 0.240 e. The highest BCUT2D eigenvalue weighted by molar-refractivity contribution is 5.86. The fraction of sp³-hybridized carbons (Fsp3) is 0.467. The van der Waals surface area contributed by atoms with E-state index in [0.717, 1.165) is 11.3 Å². The summed E-state index contributed by atoms with van der Waals surface area (Å²) < 4.78 is 0. The third-order valence-corrected chi connectivity index (χ3v) is 3.77. The average Bonchev–Trinajstić information content (AvgIpc) is 2.32. The van der Waals surface area contributed by atoms with Crippen molar-refractivity contribution in [1.82, 2.24) is 9.97 Å². The number of benzene rings is 1. The lowest BCUT2D eigenvalue weighted by Crippen LogP contribution is -2.02. The van der Waals surface area contributed by atoms with Crippen LogP contribution in [0, 0.1) is 27.7 Å². The van der Waals surface area contributed by atoms with Crippen LogP contribution in [0.2, 0.25) is 0 Å².